The molecule has 2 aliphatic rings. The number of nitrogens with one attached hydrogen (secondary N) is 2. The minimum Gasteiger partial charge on any atom is -0.481 e. The smallest absolute Gasteiger partial charge is 0.407 e. The van der Waals surface area contributed by atoms with Crippen molar-refractivity contribution < 1.29 is 24.2 Å². The molecule has 0 aromatic heterocycles. The molecule has 2 amide bonds. The minimum atomic E-state index is -0.837. The highest BCUT2D eigenvalue weighted by Crippen LogP contribution is 2.44. The second-order valence-corrected chi connectivity index (χ2v) is 9.36. The van der Waals surface area contributed by atoms with Crippen molar-refractivity contribution in [2.45, 2.75) is 51.1 Å². The Labute approximate surface area is 193 Å². The predicted octanol–water partition coefficient (Wildman–Crippen LogP) is 3.92. The lowest BCUT2D eigenvalue weighted by Crippen LogP contribution is -2.54. The second kappa shape index (κ2) is 9.65. The van der Waals surface area contributed by atoms with Gasteiger partial charge in [-0.1, -0.05) is 62.4 Å². The molecular weight excluding hydrogens is 420 g/mol. The van der Waals surface area contributed by atoms with E-state index in [0.717, 1.165) is 22.3 Å². The van der Waals surface area contributed by atoms with Gasteiger partial charge in [0.2, 0.25) is 5.91 Å². The maximum atomic E-state index is 12.8. The zero-order valence-corrected chi connectivity index (χ0v) is 18.9. The normalized spacial score (nSPS) is 19.7. The first-order valence-corrected chi connectivity index (χ1v) is 11.5. The van der Waals surface area contributed by atoms with Gasteiger partial charge in [-0.2, -0.15) is 0 Å². The number of hydrogen-bond acceptors (Lipinski definition) is 4. The first-order chi connectivity index (χ1) is 15.8. The average Bonchev–Trinajstić information content (AvgIpc) is 3.07. The van der Waals surface area contributed by atoms with E-state index >= 15 is 0 Å². The van der Waals surface area contributed by atoms with Crippen LogP contribution in [0.5, 0.6) is 0 Å². The molecule has 2 aromatic rings. The molecule has 0 heterocycles. The standard InChI is InChI=1S/C26H30N2O5/c1-15(2)11-23(24(29)27-17-12-16(13-17)25(30)31)28-26(32)33-14-22-20-9-5-3-7-18(20)19-8-4-6-10-21(19)22/h3-10,15-17,22-23H,11-14H2,1-2H3,(H,27,29)(H,28,32)(H,30,31)/t16?,17?,23-/m1/s1. The molecule has 1 atom stereocenters. The van der Waals surface area contributed by atoms with Crippen LogP contribution in [0, 0.1) is 11.8 Å². The SMILES string of the molecule is CC(C)C[C@@H](NC(=O)OCC1c2ccccc2-c2ccccc21)C(=O)NC1CC(C(=O)O)C1. The largest absolute Gasteiger partial charge is 0.481 e. The number of carbonyl (C=O) groups excluding carboxylic acids is 2. The number of carbonyl (C=O) groups is 3. The molecule has 0 spiro atoms. The number of hydrogen-bond donors (Lipinski definition) is 3. The summed E-state index contributed by atoms with van der Waals surface area (Å²) in [6, 6.07) is 15.3. The molecule has 33 heavy (non-hydrogen) atoms. The number of aliphatic carboxylic acids is 1. The molecule has 0 radical (unpaired) electrons. The van der Waals surface area contributed by atoms with Crippen molar-refractivity contribution in [3.63, 3.8) is 0 Å². The van der Waals surface area contributed by atoms with Gasteiger partial charge in [0.25, 0.3) is 0 Å². The van der Waals surface area contributed by atoms with Crippen LogP contribution in [-0.4, -0.2) is 41.8 Å². The fourth-order valence-electron chi connectivity index (χ4n) is 4.72. The Morgan fingerprint density at radius 2 is 1.58 bits per heavy atom. The molecule has 2 aromatic carbocycles. The first-order valence-electron chi connectivity index (χ1n) is 11.5. The zero-order valence-electron chi connectivity index (χ0n) is 18.9. The van der Waals surface area contributed by atoms with Crippen LogP contribution < -0.4 is 10.6 Å². The summed E-state index contributed by atoms with van der Waals surface area (Å²) in [5.41, 5.74) is 4.56. The Kier molecular flexibility index (Phi) is 6.67. The summed E-state index contributed by atoms with van der Waals surface area (Å²) in [6.07, 6.45) is 0.668. The maximum Gasteiger partial charge on any atom is 0.407 e. The van der Waals surface area contributed by atoms with Crippen LogP contribution in [0.3, 0.4) is 0 Å². The number of ether oxygens (including phenoxy) is 1. The fourth-order valence-corrected chi connectivity index (χ4v) is 4.72. The lowest BCUT2D eigenvalue weighted by Gasteiger charge is -2.34. The molecule has 1 saturated carbocycles. The molecule has 3 N–H and O–H groups in total. The molecule has 0 unspecified atom stereocenters. The van der Waals surface area contributed by atoms with E-state index in [2.05, 4.69) is 34.9 Å². The zero-order chi connectivity index (χ0) is 23.5. The van der Waals surface area contributed by atoms with E-state index in [1.807, 2.05) is 38.1 Å². The Balaban J connectivity index is 1.36. The Morgan fingerprint density at radius 3 is 2.12 bits per heavy atom. The lowest BCUT2D eigenvalue weighted by atomic mass is 9.80. The molecule has 2 aliphatic carbocycles. The monoisotopic (exact) mass is 450 g/mol. The van der Waals surface area contributed by atoms with E-state index in [-0.39, 0.29) is 30.4 Å². The first kappa shape index (κ1) is 22.8. The third kappa shape index (κ3) is 5.02. The predicted molar refractivity (Wildman–Crippen MR) is 124 cm³/mol. The number of benzene rings is 2. The highest BCUT2D eigenvalue weighted by atomic mass is 16.5. The topological polar surface area (TPSA) is 105 Å². The molecule has 4 rings (SSSR count). The van der Waals surface area contributed by atoms with Gasteiger partial charge in [0.1, 0.15) is 12.6 Å². The number of amides is 2. The van der Waals surface area contributed by atoms with Crippen LogP contribution in [0.2, 0.25) is 0 Å². The van der Waals surface area contributed by atoms with Crippen molar-refractivity contribution in [1.82, 2.24) is 10.6 Å². The summed E-state index contributed by atoms with van der Waals surface area (Å²) >= 11 is 0. The molecule has 7 nitrogen and oxygen atoms in total. The van der Waals surface area contributed by atoms with Gasteiger partial charge in [-0.25, -0.2) is 4.79 Å². The summed E-state index contributed by atoms with van der Waals surface area (Å²) in [6.45, 7) is 4.13. The van der Waals surface area contributed by atoms with Crippen LogP contribution in [0.25, 0.3) is 11.1 Å². The van der Waals surface area contributed by atoms with Gasteiger partial charge in [0.15, 0.2) is 0 Å². The maximum absolute atomic E-state index is 12.8. The molecule has 7 heteroatoms. The summed E-state index contributed by atoms with van der Waals surface area (Å²) in [4.78, 5) is 36.4. The van der Waals surface area contributed by atoms with E-state index in [0.29, 0.717) is 19.3 Å². The van der Waals surface area contributed by atoms with Crippen molar-refractivity contribution in [3.8, 4) is 11.1 Å². The van der Waals surface area contributed by atoms with Crippen molar-refractivity contribution >= 4 is 18.0 Å². The molecule has 0 saturated heterocycles. The summed E-state index contributed by atoms with van der Waals surface area (Å²) in [5.74, 6) is -1.41. The van der Waals surface area contributed by atoms with Gasteiger partial charge in [-0.15, -0.1) is 0 Å². The van der Waals surface area contributed by atoms with Crippen LogP contribution in [0.15, 0.2) is 48.5 Å². The van der Waals surface area contributed by atoms with Gasteiger partial charge >= 0.3 is 12.1 Å². The van der Waals surface area contributed by atoms with Crippen LogP contribution >= 0.6 is 0 Å². The number of rotatable bonds is 8. The quantitative estimate of drug-likeness (QED) is 0.565. The molecule has 0 bridgehead atoms. The van der Waals surface area contributed by atoms with Crippen molar-refractivity contribution in [2.75, 3.05) is 6.61 Å². The van der Waals surface area contributed by atoms with E-state index in [1.165, 1.54) is 0 Å². The van der Waals surface area contributed by atoms with E-state index < -0.39 is 24.0 Å². The lowest BCUT2D eigenvalue weighted by molar-refractivity contribution is -0.146. The van der Waals surface area contributed by atoms with E-state index in [9.17, 15) is 14.4 Å². The van der Waals surface area contributed by atoms with Crippen LogP contribution in [-0.2, 0) is 14.3 Å². The van der Waals surface area contributed by atoms with E-state index in [1.54, 1.807) is 0 Å². The van der Waals surface area contributed by atoms with Crippen LogP contribution in [0.4, 0.5) is 4.79 Å². The summed E-state index contributed by atoms with van der Waals surface area (Å²) in [7, 11) is 0. The molecule has 1 fully saturated rings. The minimum absolute atomic E-state index is 0.0524. The van der Waals surface area contributed by atoms with Gasteiger partial charge < -0.3 is 20.5 Å². The van der Waals surface area contributed by atoms with Gasteiger partial charge in [-0.05, 0) is 47.4 Å². The van der Waals surface area contributed by atoms with Gasteiger partial charge in [-0.3, -0.25) is 9.59 Å². The van der Waals surface area contributed by atoms with E-state index in [4.69, 9.17) is 9.84 Å². The Bertz CT molecular complexity index is 999. The number of fused-ring (bicyclic) bond motifs is 3. The third-order valence-corrected chi connectivity index (χ3v) is 6.49. The summed E-state index contributed by atoms with van der Waals surface area (Å²) in [5, 5.41) is 14.6. The van der Waals surface area contributed by atoms with Gasteiger partial charge in [0, 0.05) is 12.0 Å². The number of carboxylic acid groups (broad SMARTS) is 1. The summed E-state index contributed by atoms with van der Waals surface area (Å²) < 4.78 is 5.59. The number of carboxylic acids is 1. The number of alkyl carbamates (subject to hydrolysis) is 1. The third-order valence-electron chi connectivity index (χ3n) is 6.49. The molecular formula is C26H30N2O5. The van der Waals surface area contributed by atoms with Crippen molar-refractivity contribution in [1.29, 1.82) is 0 Å². The Hall–Kier alpha value is -3.35. The van der Waals surface area contributed by atoms with Crippen molar-refractivity contribution in [3.05, 3.63) is 59.7 Å². The second-order valence-electron chi connectivity index (χ2n) is 9.36. The fraction of sp³-hybridized carbons (Fsp3) is 0.423. The van der Waals surface area contributed by atoms with Crippen LogP contribution in [0.1, 0.15) is 50.2 Å². The van der Waals surface area contributed by atoms with Crippen molar-refractivity contribution in [2.24, 2.45) is 11.8 Å². The average molecular weight is 451 g/mol. The van der Waals surface area contributed by atoms with Gasteiger partial charge in [0.05, 0.1) is 5.92 Å². The highest BCUT2D eigenvalue weighted by molar-refractivity contribution is 5.86. The highest BCUT2D eigenvalue weighted by Gasteiger charge is 2.37. The Morgan fingerprint density at radius 1 is 1.00 bits per heavy atom. The molecule has 0 aliphatic heterocycles. The molecule has 174 valence electrons.